The highest BCUT2D eigenvalue weighted by molar-refractivity contribution is 7.89. The van der Waals surface area contributed by atoms with Gasteiger partial charge in [0.2, 0.25) is 21.8 Å². The van der Waals surface area contributed by atoms with Crippen LogP contribution in [0.5, 0.6) is 5.75 Å². The van der Waals surface area contributed by atoms with Gasteiger partial charge in [0.25, 0.3) is 0 Å². The number of amides is 2. The van der Waals surface area contributed by atoms with Gasteiger partial charge in [0.15, 0.2) is 0 Å². The number of sulfonamides is 1. The van der Waals surface area contributed by atoms with E-state index in [-0.39, 0.29) is 24.5 Å². The minimum absolute atomic E-state index is 0.0436. The van der Waals surface area contributed by atoms with E-state index < -0.39 is 27.4 Å². The van der Waals surface area contributed by atoms with Crippen LogP contribution in [0.15, 0.2) is 59.5 Å². The van der Waals surface area contributed by atoms with Crippen molar-refractivity contribution >= 4 is 21.8 Å². The Kier molecular flexibility index (Phi) is 7.20. The van der Waals surface area contributed by atoms with Gasteiger partial charge in [-0.2, -0.15) is 4.31 Å². The number of ether oxygens (including phenoxy) is 1. The Bertz CT molecular complexity index is 1060. The molecule has 1 N–H and O–H groups in total. The van der Waals surface area contributed by atoms with Crippen LogP contribution in [0, 0.1) is 0 Å². The minimum atomic E-state index is -3.98. The van der Waals surface area contributed by atoms with Gasteiger partial charge in [0.1, 0.15) is 11.3 Å². The second-order valence-corrected chi connectivity index (χ2v) is 9.87. The standard InChI is InChI=1S/C23H29N3O5S/c1-4-14-26-21(27)16-25(32(29,30)20-12-10-19(31-3)11-13-20)17-23(26,2)22(28)24-15-18-8-6-5-7-9-18/h5-13H,4,14-17H2,1-3H3,(H,24,28). The van der Waals surface area contributed by atoms with Crippen LogP contribution < -0.4 is 10.1 Å². The zero-order valence-electron chi connectivity index (χ0n) is 18.6. The topological polar surface area (TPSA) is 96.0 Å². The number of carbonyl (C=O) groups excluding carboxylic acids is 2. The first kappa shape index (κ1) is 23.7. The maximum Gasteiger partial charge on any atom is 0.247 e. The lowest BCUT2D eigenvalue weighted by Gasteiger charge is -2.46. The predicted molar refractivity (Wildman–Crippen MR) is 120 cm³/mol. The number of piperazine rings is 1. The molecule has 0 bridgehead atoms. The van der Waals surface area contributed by atoms with Gasteiger partial charge in [0.05, 0.1) is 18.6 Å². The molecule has 2 amide bonds. The molecule has 0 aliphatic carbocycles. The highest BCUT2D eigenvalue weighted by Gasteiger charge is 2.49. The van der Waals surface area contributed by atoms with E-state index in [9.17, 15) is 18.0 Å². The average molecular weight is 460 g/mol. The molecular formula is C23H29N3O5S. The van der Waals surface area contributed by atoms with E-state index in [0.29, 0.717) is 18.7 Å². The Balaban J connectivity index is 1.87. The fraction of sp³-hybridized carbons (Fsp3) is 0.391. The summed E-state index contributed by atoms with van der Waals surface area (Å²) in [5.74, 6) is -0.261. The van der Waals surface area contributed by atoms with E-state index in [1.165, 1.54) is 24.1 Å². The molecule has 8 nitrogen and oxygen atoms in total. The lowest BCUT2D eigenvalue weighted by molar-refractivity contribution is -0.152. The summed E-state index contributed by atoms with van der Waals surface area (Å²) in [5.41, 5.74) is -0.420. The van der Waals surface area contributed by atoms with Crippen molar-refractivity contribution in [1.82, 2.24) is 14.5 Å². The molecule has 0 spiro atoms. The first-order valence-electron chi connectivity index (χ1n) is 10.5. The number of carbonyl (C=O) groups is 2. The molecule has 1 fully saturated rings. The van der Waals surface area contributed by atoms with Crippen LogP contribution >= 0.6 is 0 Å². The van der Waals surface area contributed by atoms with Crippen molar-refractivity contribution in [3.8, 4) is 5.75 Å². The summed E-state index contributed by atoms with van der Waals surface area (Å²) in [6, 6.07) is 15.4. The molecular weight excluding hydrogens is 430 g/mol. The van der Waals surface area contributed by atoms with Crippen molar-refractivity contribution in [2.45, 2.75) is 37.2 Å². The molecule has 1 saturated heterocycles. The zero-order valence-corrected chi connectivity index (χ0v) is 19.4. The number of hydrogen-bond acceptors (Lipinski definition) is 5. The Morgan fingerprint density at radius 1 is 1.12 bits per heavy atom. The summed E-state index contributed by atoms with van der Waals surface area (Å²) >= 11 is 0. The number of benzene rings is 2. The third-order valence-corrected chi connectivity index (χ3v) is 7.43. The number of nitrogens with one attached hydrogen (secondary N) is 1. The molecule has 0 aromatic heterocycles. The van der Waals surface area contributed by atoms with Gasteiger partial charge < -0.3 is 15.0 Å². The van der Waals surface area contributed by atoms with Gasteiger partial charge in [-0.3, -0.25) is 9.59 Å². The monoisotopic (exact) mass is 459 g/mol. The summed E-state index contributed by atoms with van der Waals surface area (Å²) in [6.07, 6.45) is 0.651. The first-order chi connectivity index (χ1) is 15.2. The second kappa shape index (κ2) is 9.70. The molecule has 0 saturated carbocycles. The molecule has 32 heavy (non-hydrogen) atoms. The van der Waals surface area contributed by atoms with Crippen LogP contribution in [0.2, 0.25) is 0 Å². The van der Waals surface area contributed by atoms with Crippen LogP contribution in [0.1, 0.15) is 25.8 Å². The number of nitrogens with zero attached hydrogens (tertiary/aromatic N) is 2. The normalized spacial score (nSPS) is 19.6. The summed E-state index contributed by atoms with van der Waals surface area (Å²) in [6.45, 7) is 3.75. The van der Waals surface area contributed by atoms with Crippen LogP contribution in [-0.2, 0) is 26.2 Å². The lowest BCUT2D eigenvalue weighted by atomic mass is 9.95. The fourth-order valence-corrected chi connectivity index (χ4v) is 5.30. The minimum Gasteiger partial charge on any atom is -0.497 e. The van der Waals surface area contributed by atoms with E-state index >= 15 is 0 Å². The van der Waals surface area contributed by atoms with Crippen molar-refractivity contribution < 1.29 is 22.7 Å². The Hall–Kier alpha value is -2.91. The van der Waals surface area contributed by atoms with E-state index in [4.69, 9.17) is 4.74 Å². The molecule has 1 heterocycles. The highest BCUT2D eigenvalue weighted by atomic mass is 32.2. The van der Waals surface area contributed by atoms with E-state index in [1.54, 1.807) is 19.1 Å². The number of hydrogen-bond donors (Lipinski definition) is 1. The van der Waals surface area contributed by atoms with E-state index in [1.807, 2.05) is 37.3 Å². The quantitative estimate of drug-likeness (QED) is 0.652. The third-order valence-electron chi connectivity index (χ3n) is 5.62. The summed E-state index contributed by atoms with van der Waals surface area (Å²) < 4.78 is 32.7. The van der Waals surface area contributed by atoms with Gasteiger partial charge in [0, 0.05) is 19.6 Å². The molecule has 1 aliphatic heterocycles. The Labute approximate surface area is 189 Å². The van der Waals surface area contributed by atoms with E-state index in [0.717, 1.165) is 9.87 Å². The van der Waals surface area contributed by atoms with Crippen LogP contribution in [0.25, 0.3) is 0 Å². The smallest absolute Gasteiger partial charge is 0.247 e. The predicted octanol–water partition coefficient (Wildman–Crippen LogP) is 2.01. The van der Waals surface area contributed by atoms with E-state index in [2.05, 4.69) is 5.32 Å². The van der Waals surface area contributed by atoms with Crippen molar-refractivity contribution in [2.24, 2.45) is 0 Å². The molecule has 1 aliphatic rings. The van der Waals surface area contributed by atoms with Gasteiger partial charge in [-0.25, -0.2) is 8.42 Å². The van der Waals surface area contributed by atoms with Crippen LogP contribution in [0.3, 0.4) is 0 Å². The number of methoxy groups -OCH3 is 1. The largest absolute Gasteiger partial charge is 0.497 e. The van der Waals surface area contributed by atoms with Crippen molar-refractivity contribution in [3.05, 3.63) is 60.2 Å². The maximum atomic E-state index is 13.3. The zero-order chi connectivity index (χ0) is 23.4. The Morgan fingerprint density at radius 2 is 1.78 bits per heavy atom. The number of rotatable bonds is 8. The SMILES string of the molecule is CCCN1C(=O)CN(S(=O)(=O)c2ccc(OC)cc2)CC1(C)C(=O)NCc1ccccc1. The second-order valence-electron chi connectivity index (χ2n) is 7.94. The fourth-order valence-electron chi connectivity index (χ4n) is 3.82. The molecule has 3 rings (SSSR count). The Morgan fingerprint density at radius 3 is 2.38 bits per heavy atom. The molecule has 9 heteroatoms. The maximum absolute atomic E-state index is 13.3. The van der Waals surface area contributed by atoms with Crippen molar-refractivity contribution in [3.63, 3.8) is 0 Å². The molecule has 1 unspecified atom stereocenters. The molecule has 0 radical (unpaired) electrons. The van der Waals surface area contributed by atoms with Crippen molar-refractivity contribution in [1.29, 1.82) is 0 Å². The molecule has 172 valence electrons. The third kappa shape index (κ3) is 4.78. The van der Waals surface area contributed by atoms with Crippen molar-refractivity contribution in [2.75, 3.05) is 26.7 Å². The molecule has 2 aromatic rings. The van der Waals surface area contributed by atoms with Gasteiger partial charge in [-0.05, 0) is 43.2 Å². The summed E-state index contributed by atoms with van der Waals surface area (Å²) in [7, 11) is -2.49. The lowest BCUT2D eigenvalue weighted by Crippen LogP contribution is -2.69. The van der Waals surface area contributed by atoms with Gasteiger partial charge in [-0.1, -0.05) is 37.3 Å². The molecule has 1 atom stereocenters. The summed E-state index contributed by atoms with van der Waals surface area (Å²) in [4.78, 5) is 27.8. The average Bonchev–Trinajstić information content (AvgIpc) is 2.80. The summed E-state index contributed by atoms with van der Waals surface area (Å²) in [5, 5.41) is 2.87. The van der Waals surface area contributed by atoms with Gasteiger partial charge >= 0.3 is 0 Å². The molecule has 2 aromatic carbocycles. The van der Waals surface area contributed by atoms with Gasteiger partial charge in [-0.15, -0.1) is 0 Å². The van der Waals surface area contributed by atoms with Crippen LogP contribution in [0.4, 0.5) is 0 Å². The highest BCUT2D eigenvalue weighted by Crippen LogP contribution is 2.28. The van der Waals surface area contributed by atoms with Crippen LogP contribution in [-0.4, -0.2) is 61.7 Å². The first-order valence-corrected chi connectivity index (χ1v) is 11.9.